The Bertz CT molecular complexity index is 615. The second-order valence-electron chi connectivity index (χ2n) is 6.12. The van der Waals surface area contributed by atoms with Gasteiger partial charge in [-0.3, -0.25) is 9.59 Å². The van der Waals surface area contributed by atoms with Crippen LogP contribution >= 0.6 is 0 Å². The lowest BCUT2D eigenvalue weighted by Gasteiger charge is -2.28. The van der Waals surface area contributed by atoms with Gasteiger partial charge < -0.3 is 14.2 Å². The molecule has 5 heteroatoms. The minimum absolute atomic E-state index is 0.105. The van der Waals surface area contributed by atoms with Gasteiger partial charge in [-0.1, -0.05) is 0 Å². The Kier molecular flexibility index (Phi) is 3.95. The van der Waals surface area contributed by atoms with E-state index in [0.29, 0.717) is 12.1 Å². The van der Waals surface area contributed by atoms with Crippen LogP contribution in [0, 0.1) is 0 Å². The first-order chi connectivity index (χ1) is 10.1. The zero-order chi connectivity index (χ0) is 15.0. The number of ketones is 1. The van der Waals surface area contributed by atoms with E-state index in [9.17, 15) is 9.59 Å². The average Bonchev–Trinajstić information content (AvgIpc) is 2.94. The molecule has 0 spiro atoms. The van der Waals surface area contributed by atoms with Crippen molar-refractivity contribution in [3.8, 4) is 0 Å². The number of fused-ring (bicyclic) bond motifs is 1. The number of hydrogen-bond donors (Lipinski definition) is 0. The fraction of sp³-hybridized carbons (Fsp3) is 0.625. The minimum Gasteiger partial charge on any atom is -0.376 e. The third-order valence-electron chi connectivity index (χ3n) is 4.45. The summed E-state index contributed by atoms with van der Waals surface area (Å²) in [7, 11) is 2.06. The van der Waals surface area contributed by atoms with Crippen LogP contribution in [0.3, 0.4) is 0 Å². The molecule has 2 aliphatic rings. The monoisotopic (exact) mass is 290 g/mol. The Hall–Kier alpha value is -1.46. The van der Waals surface area contributed by atoms with Crippen molar-refractivity contribution >= 4 is 5.78 Å². The van der Waals surface area contributed by atoms with Gasteiger partial charge in [0.2, 0.25) is 0 Å². The number of carbonyl (C=O) groups is 1. The van der Waals surface area contributed by atoms with E-state index < -0.39 is 0 Å². The molecule has 1 unspecified atom stereocenters. The van der Waals surface area contributed by atoms with E-state index in [1.165, 1.54) is 6.92 Å². The zero-order valence-corrected chi connectivity index (χ0v) is 12.7. The van der Waals surface area contributed by atoms with E-state index in [0.717, 1.165) is 50.2 Å². The van der Waals surface area contributed by atoms with Gasteiger partial charge in [0.1, 0.15) is 0 Å². The van der Waals surface area contributed by atoms with Crippen LogP contribution in [0.15, 0.2) is 10.9 Å². The van der Waals surface area contributed by atoms with E-state index >= 15 is 0 Å². The Morgan fingerprint density at radius 2 is 2.29 bits per heavy atom. The summed E-state index contributed by atoms with van der Waals surface area (Å²) in [6.07, 6.45) is 3.00. The highest BCUT2D eigenvalue weighted by molar-refractivity contribution is 5.93. The van der Waals surface area contributed by atoms with Crippen LogP contribution in [-0.2, 0) is 24.2 Å². The Morgan fingerprint density at radius 3 is 2.95 bits per heavy atom. The van der Waals surface area contributed by atoms with Crippen molar-refractivity contribution in [3.05, 3.63) is 33.2 Å². The van der Waals surface area contributed by atoms with Gasteiger partial charge in [0.15, 0.2) is 5.78 Å². The Balaban J connectivity index is 2.06. The average molecular weight is 290 g/mol. The standard InChI is InChI=1S/C16H22N2O3/c1-11(19)14-8-12-9-17(2)6-5-15(12)18(16(14)20)10-13-4-3-7-21-13/h8,13H,3-7,9-10H2,1-2H3. The molecular formula is C16H22N2O3. The van der Waals surface area contributed by atoms with Gasteiger partial charge in [-0.05, 0) is 38.4 Å². The number of likely N-dealkylation sites (N-methyl/N-ethyl adjacent to an activating group) is 1. The number of pyridine rings is 1. The summed E-state index contributed by atoms with van der Waals surface area (Å²) in [5.74, 6) is -0.155. The largest absolute Gasteiger partial charge is 0.376 e. The summed E-state index contributed by atoms with van der Waals surface area (Å²) in [6.45, 7) is 4.55. The first kappa shape index (κ1) is 14.5. The highest BCUT2D eigenvalue weighted by Crippen LogP contribution is 2.20. The molecule has 1 atom stereocenters. The van der Waals surface area contributed by atoms with E-state index in [4.69, 9.17) is 4.74 Å². The van der Waals surface area contributed by atoms with Gasteiger partial charge >= 0.3 is 0 Å². The zero-order valence-electron chi connectivity index (χ0n) is 12.7. The van der Waals surface area contributed by atoms with E-state index in [2.05, 4.69) is 11.9 Å². The summed E-state index contributed by atoms with van der Waals surface area (Å²) in [5, 5.41) is 0. The predicted molar refractivity (Wildman–Crippen MR) is 79.7 cm³/mol. The van der Waals surface area contributed by atoms with Crippen molar-refractivity contribution in [1.82, 2.24) is 9.47 Å². The maximum Gasteiger partial charge on any atom is 0.261 e. The summed E-state index contributed by atoms with van der Waals surface area (Å²) < 4.78 is 7.47. The number of ether oxygens (including phenoxy) is 1. The number of aromatic nitrogens is 1. The fourth-order valence-electron chi connectivity index (χ4n) is 3.30. The summed E-state index contributed by atoms with van der Waals surface area (Å²) in [5.41, 5.74) is 2.34. The van der Waals surface area contributed by atoms with Crippen molar-refractivity contribution in [2.75, 3.05) is 20.2 Å². The maximum absolute atomic E-state index is 12.6. The molecule has 21 heavy (non-hydrogen) atoms. The molecule has 1 saturated heterocycles. The van der Waals surface area contributed by atoms with Gasteiger partial charge in [0.05, 0.1) is 18.2 Å². The number of rotatable bonds is 3. The van der Waals surface area contributed by atoms with Crippen LogP contribution in [-0.4, -0.2) is 41.6 Å². The van der Waals surface area contributed by atoms with Crippen molar-refractivity contribution in [2.45, 2.75) is 45.4 Å². The molecule has 1 fully saturated rings. The summed E-state index contributed by atoms with van der Waals surface area (Å²) >= 11 is 0. The van der Waals surface area contributed by atoms with Gasteiger partial charge in [-0.25, -0.2) is 0 Å². The first-order valence-corrected chi connectivity index (χ1v) is 7.63. The van der Waals surface area contributed by atoms with Crippen LogP contribution in [0.25, 0.3) is 0 Å². The van der Waals surface area contributed by atoms with Crippen LogP contribution in [0.1, 0.15) is 41.4 Å². The van der Waals surface area contributed by atoms with Crippen LogP contribution in [0.5, 0.6) is 0 Å². The normalized spacial score (nSPS) is 22.3. The molecular weight excluding hydrogens is 268 g/mol. The molecule has 0 aromatic carbocycles. The maximum atomic E-state index is 12.6. The van der Waals surface area contributed by atoms with Crippen molar-refractivity contribution < 1.29 is 9.53 Å². The number of Topliss-reactive ketones (excluding diaryl/α,β-unsaturated/α-hetero) is 1. The third kappa shape index (κ3) is 2.80. The van der Waals surface area contributed by atoms with Gasteiger partial charge in [-0.2, -0.15) is 0 Å². The molecule has 3 heterocycles. The van der Waals surface area contributed by atoms with Gasteiger partial charge in [0.25, 0.3) is 5.56 Å². The van der Waals surface area contributed by atoms with Crippen molar-refractivity contribution in [3.63, 3.8) is 0 Å². The van der Waals surface area contributed by atoms with E-state index in [1.54, 1.807) is 10.6 Å². The molecule has 0 aliphatic carbocycles. The summed E-state index contributed by atoms with van der Waals surface area (Å²) in [4.78, 5) is 26.6. The second kappa shape index (κ2) is 5.73. The Morgan fingerprint density at radius 1 is 1.48 bits per heavy atom. The third-order valence-corrected chi connectivity index (χ3v) is 4.45. The number of carbonyl (C=O) groups excluding carboxylic acids is 1. The van der Waals surface area contributed by atoms with Crippen molar-refractivity contribution in [1.29, 1.82) is 0 Å². The SMILES string of the molecule is CC(=O)c1cc2c(n(CC3CCCO3)c1=O)CCN(C)C2. The van der Waals surface area contributed by atoms with Crippen LogP contribution in [0.4, 0.5) is 0 Å². The fourth-order valence-corrected chi connectivity index (χ4v) is 3.30. The lowest BCUT2D eigenvalue weighted by atomic mass is 10.0. The highest BCUT2D eigenvalue weighted by atomic mass is 16.5. The van der Waals surface area contributed by atoms with Crippen molar-refractivity contribution in [2.24, 2.45) is 0 Å². The molecule has 5 nitrogen and oxygen atoms in total. The second-order valence-corrected chi connectivity index (χ2v) is 6.12. The lowest BCUT2D eigenvalue weighted by molar-refractivity contribution is 0.0939. The quantitative estimate of drug-likeness (QED) is 0.785. The molecule has 114 valence electrons. The Labute approximate surface area is 124 Å². The minimum atomic E-state index is -0.155. The lowest BCUT2D eigenvalue weighted by Crippen LogP contribution is -2.38. The van der Waals surface area contributed by atoms with Crippen LogP contribution in [0.2, 0.25) is 0 Å². The molecule has 3 rings (SSSR count). The summed E-state index contributed by atoms with van der Waals surface area (Å²) in [6, 6.07) is 1.79. The topological polar surface area (TPSA) is 51.5 Å². The molecule has 2 aliphatic heterocycles. The molecule has 0 saturated carbocycles. The number of hydrogen-bond acceptors (Lipinski definition) is 4. The molecule has 0 bridgehead atoms. The first-order valence-electron chi connectivity index (χ1n) is 7.63. The highest BCUT2D eigenvalue weighted by Gasteiger charge is 2.24. The van der Waals surface area contributed by atoms with E-state index in [1.807, 2.05) is 0 Å². The van der Waals surface area contributed by atoms with Gasteiger partial charge in [-0.15, -0.1) is 0 Å². The smallest absolute Gasteiger partial charge is 0.261 e. The molecule has 0 amide bonds. The van der Waals surface area contributed by atoms with Crippen LogP contribution < -0.4 is 5.56 Å². The molecule has 1 aromatic heterocycles. The molecule has 0 N–H and O–H groups in total. The molecule has 0 radical (unpaired) electrons. The van der Waals surface area contributed by atoms with E-state index in [-0.39, 0.29) is 17.4 Å². The molecule has 1 aromatic rings. The number of nitrogens with zero attached hydrogens (tertiary/aromatic N) is 2. The predicted octanol–water partition coefficient (Wildman–Crippen LogP) is 1.22. The van der Waals surface area contributed by atoms with Gasteiger partial charge in [0, 0.05) is 31.8 Å².